The van der Waals surface area contributed by atoms with Crippen molar-refractivity contribution in [3.8, 4) is 0 Å². The summed E-state index contributed by atoms with van der Waals surface area (Å²) in [5.41, 5.74) is 0. The van der Waals surface area contributed by atoms with Gasteiger partial charge in [-0.15, -0.1) is 0 Å². The Labute approximate surface area is 63.6 Å². The average Bonchev–Trinajstić information content (AvgIpc) is 1.85. The third-order valence-electron chi connectivity index (χ3n) is 0.516. The lowest BCUT2D eigenvalue weighted by molar-refractivity contribution is -0.140. The van der Waals surface area contributed by atoms with E-state index in [-0.39, 0.29) is 5.97 Å². The lowest BCUT2D eigenvalue weighted by Crippen LogP contribution is -1.94. The van der Waals surface area contributed by atoms with Crippen molar-refractivity contribution in [3.63, 3.8) is 0 Å². The maximum Gasteiger partial charge on any atom is 0.305 e. The lowest BCUT2D eigenvalue weighted by atomic mass is 10.3. The normalized spacial score (nSPS) is 8.20. The van der Waals surface area contributed by atoms with Gasteiger partial charge in [-0.2, -0.15) is 0 Å². The summed E-state index contributed by atoms with van der Waals surface area (Å²) < 4.78 is 4.26. The van der Waals surface area contributed by atoms with Crippen LogP contribution in [-0.2, 0) is 9.53 Å². The van der Waals surface area contributed by atoms with E-state index in [9.17, 15) is 4.79 Å². The summed E-state index contributed by atoms with van der Waals surface area (Å²) in [6.45, 7) is 8.26. The second-order valence-electron chi connectivity index (χ2n) is 2.66. The molecule has 62 valence electrons. The minimum atomic E-state index is -0.157. The number of rotatable bonds is 1. The van der Waals surface area contributed by atoms with Crippen LogP contribution in [0.3, 0.4) is 0 Å². The van der Waals surface area contributed by atoms with E-state index < -0.39 is 0 Å². The Kier molecular flexibility index (Phi) is 10.3. The Morgan fingerprint density at radius 1 is 1.40 bits per heavy atom. The average molecular weight is 146 g/mol. The van der Waals surface area contributed by atoms with Crippen molar-refractivity contribution in [1.29, 1.82) is 0 Å². The Balaban J connectivity index is 0. The number of esters is 1. The van der Waals surface area contributed by atoms with Gasteiger partial charge in [-0.05, 0) is 5.92 Å². The molecule has 0 aliphatic heterocycles. The fraction of sp³-hybridized carbons (Fsp3) is 0.875. The molecule has 0 fully saturated rings. The second-order valence-corrected chi connectivity index (χ2v) is 2.66. The Hall–Kier alpha value is -0.530. The van der Waals surface area contributed by atoms with E-state index in [1.165, 1.54) is 7.11 Å². The SMILES string of the molecule is CC(C)C.CCC(=O)OC. The first-order chi connectivity index (χ1) is 4.54. The standard InChI is InChI=1S/C4H8O2.C4H10/c1-3-4(5)6-2;1-4(2)3/h3H2,1-2H3;4H,1-3H3. The van der Waals surface area contributed by atoms with Gasteiger partial charge in [0, 0.05) is 6.42 Å². The van der Waals surface area contributed by atoms with E-state index in [2.05, 4.69) is 25.5 Å². The molecule has 0 aliphatic carbocycles. The first-order valence-corrected chi connectivity index (χ1v) is 3.61. The molecule has 0 unspecified atom stereocenters. The molecule has 2 nitrogen and oxygen atoms in total. The molecule has 2 heteroatoms. The second kappa shape index (κ2) is 8.47. The number of hydrogen-bond acceptors (Lipinski definition) is 2. The third kappa shape index (κ3) is 26.0. The monoisotopic (exact) mass is 146 g/mol. The fourth-order valence-electron chi connectivity index (χ4n) is 0.144. The van der Waals surface area contributed by atoms with Crippen LogP contribution in [-0.4, -0.2) is 13.1 Å². The van der Waals surface area contributed by atoms with E-state index in [1.54, 1.807) is 6.92 Å². The van der Waals surface area contributed by atoms with Crippen molar-refractivity contribution in [2.45, 2.75) is 34.1 Å². The first kappa shape index (κ1) is 12.2. The van der Waals surface area contributed by atoms with Crippen molar-refractivity contribution in [2.75, 3.05) is 7.11 Å². The fourth-order valence-corrected chi connectivity index (χ4v) is 0.144. The summed E-state index contributed by atoms with van der Waals surface area (Å²) in [6.07, 6.45) is 0.469. The van der Waals surface area contributed by atoms with E-state index >= 15 is 0 Å². The first-order valence-electron chi connectivity index (χ1n) is 3.61. The van der Waals surface area contributed by atoms with E-state index in [0.717, 1.165) is 5.92 Å². The minimum absolute atomic E-state index is 0.157. The van der Waals surface area contributed by atoms with Gasteiger partial charge in [-0.1, -0.05) is 27.7 Å². The van der Waals surface area contributed by atoms with E-state index in [4.69, 9.17) is 0 Å². The molecule has 0 saturated heterocycles. The smallest absolute Gasteiger partial charge is 0.305 e. The molecular weight excluding hydrogens is 128 g/mol. The summed E-state index contributed by atoms with van der Waals surface area (Å²) in [4.78, 5) is 9.96. The molecule has 0 bridgehead atoms. The summed E-state index contributed by atoms with van der Waals surface area (Å²) in [5, 5.41) is 0. The predicted octanol–water partition coefficient (Wildman–Crippen LogP) is 2.23. The number of methoxy groups -OCH3 is 1. The van der Waals surface area contributed by atoms with Crippen LogP contribution in [0.4, 0.5) is 0 Å². The molecule has 0 atom stereocenters. The molecule has 0 radical (unpaired) electrons. The quantitative estimate of drug-likeness (QED) is 0.530. The summed E-state index contributed by atoms with van der Waals surface area (Å²) in [7, 11) is 1.38. The number of carbonyl (C=O) groups is 1. The summed E-state index contributed by atoms with van der Waals surface area (Å²) in [5.74, 6) is 0.676. The largest absolute Gasteiger partial charge is 0.469 e. The van der Waals surface area contributed by atoms with Crippen molar-refractivity contribution < 1.29 is 9.53 Å². The topological polar surface area (TPSA) is 26.3 Å². The predicted molar refractivity (Wildman–Crippen MR) is 42.8 cm³/mol. The summed E-state index contributed by atoms with van der Waals surface area (Å²) >= 11 is 0. The molecule has 0 aromatic carbocycles. The molecule has 0 aromatic heterocycles. The molecular formula is C8H18O2. The van der Waals surface area contributed by atoms with Gasteiger partial charge in [0.1, 0.15) is 0 Å². The van der Waals surface area contributed by atoms with Gasteiger partial charge in [-0.3, -0.25) is 4.79 Å². The van der Waals surface area contributed by atoms with Crippen molar-refractivity contribution in [2.24, 2.45) is 5.92 Å². The van der Waals surface area contributed by atoms with Crippen LogP contribution in [0.15, 0.2) is 0 Å². The van der Waals surface area contributed by atoms with Gasteiger partial charge in [0.2, 0.25) is 0 Å². The zero-order chi connectivity index (χ0) is 8.57. The van der Waals surface area contributed by atoms with Crippen molar-refractivity contribution in [1.82, 2.24) is 0 Å². The van der Waals surface area contributed by atoms with Gasteiger partial charge in [-0.25, -0.2) is 0 Å². The van der Waals surface area contributed by atoms with Crippen LogP contribution < -0.4 is 0 Å². The number of carbonyl (C=O) groups excluding carboxylic acids is 1. The Morgan fingerprint density at radius 3 is 1.70 bits per heavy atom. The van der Waals surface area contributed by atoms with E-state index in [0.29, 0.717) is 6.42 Å². The highest BCUT2D eigenvalue weighted by atomic mass is 16.5. The molecule has 0 N–H and O–H groups in total. The molecule has 0 aliphatic rings. The Bertz CT molecular complexity index is 68.6. The Morgan fingerprint density at radius 2 is 1.70 bits per heavy atom. The molecule has 0 amide bonds. The van der Waals surface area contributed by atoms with Crippen LogP contribution in [0, 0.1) is 5.92 Å². The molecule has 0 aromatic rings. The van der Waals surface area contributed by atoms with Crippen LogP contribution in [0.2, 0.25) is 0 Å². The lowest BCUT2D eigenvalue weighted by Gasteiger charge is -1.87. The van der Waals surface area contributed by atoms with Crippen LogP contribution in [0.5, 0.6) is 0 Å². The van der Waals surface area contributed by atoms with Crippen LogP contribution >= 0.6 is 0 Å². The molecule has 0 saturated carbocycles. The van der Waals surface area contributed by atoms with Gasteiger partial charge in [0.25, 0.3) is 0 Å². The van der Waals surface area contributed by atoms with Crippen LogP contribution in [0.1, 0.15) is 34.1 Å². The molecule has 0 rings (SSSR count). The van der Waals surface area contributed by atoms with Gasteiger partial charge >= 0.3 is 5.97 Å². The highest BCUT2D eigenvalue weighted by molar-refractivity contribution is 5.68. The van der Waals surface area contributed by atoms with Gasteiger partial charge in [0.15, 0.2) is 0 Å². The van der Waals surface area contributed by atoms with E-state index in [1.807, 2.05) is 0 Å². The maximum absolute atomic E-state index is 9.96. The van der Waals surface area contributed by atoms with Crippen molar-refractivity contribution >= 4 is 5.97 Å². The molecule has 0 spiro atoms. The highest BCUT2D eigenvalue weighted by Gasteiger charge is 1.87. The third-order valence-corrected chi connectivity index (χ3v) is 0.516. The highest BCUT2D eigenvalue weighted by Crippen LogP contribution is 1.81. The van der Waals surface area contributed by atoms with Crippen LogP contribution in [0.25, 0.3) is 0 Å². The number of hydrogen-bond donors (Lipinski definition) is 0. The van der Waals surface area contributed by atoms with Gasteiger partial charge in [0.05, 0.1) is 7.11 Å². The molecule has 10 heavy (non-hydrogen) atoms. The van der Waals surface area contributed by atoms with Gasteiger partial charge < -0.3 is 4.74 Å². The zero-order valence-electron chi connectivity index (χ0n) is 7.60. The molecule has 0 heterocycles. The zero-order valence-corrected chi connectivity index (χ0v) is 7.60. The van der Waals surface area contributed by atoms with Crippen molar-refractivity contribution in [3.05, 3.63) is 0 Å². The summed E-state index contributed by atoms with van der Waals surface area (Å²) in [6, 6.07) is 0. The number of ether oxygens (including phenoxy) is 1. The maximum atomic E-state index is 9.96. The minimum Gasteiger partial charge on any atom is -0.469 e.